The number of hydrogen-bond acceptors (Lipinski definition) is 2. The summed E-state index contributed by atoms with van der Waals surface area (Å²) in [6.07, 6.45) is -2.70. The lowest BCUT2D eigenvalue weighted by molar-refractivity contribution is 0.101. The van der Waals surface area contributed by atoms with E-state index in [4.69, 9.17) is 5.26 Å². The van der Waals surface area contributed by atoms with Gasteiger partial charge in [-0.1, -0.05) is 0 Å². The summed E-state index contributed by atoms with van der Waals surface area (Å²) in [6.45, 7) is 1.33. The van der Waals surface area contributed by atoms with E-state index in [0.29, 0.717) is 0 Å². The lowest BCUT2D eigenvalue weighted by Crippen LogP contribution is -2.00. The highest BCUT2D eigenvalue weighted by atomic mass is 127. The van der Waals surface area contributed by atoms with Crippen molar-refractivity contribution < 1.29 is 13.6 Å². The molecule has 0 heterocycles. The fraction of sp³-hybridized carbons (Fsp3) is 0.200. The third-order valence-electron chi connectivity index (χ3n) is 1.87. The highest BCUT2D eigenvalue weighted by Crippen LogP contribution is 2.29. The Labute approximate surface area is 99.0 Å². The van der Waals surface area contributed by atoms with E-state index in [0.717, 1.165) is 0 Å². The summed E-state index contributed by atoms with van der Waals surface area (Å²) in [7, 11) is 0. The second-order valence-corrected chi connectivity index (χ2v) is 4.05. The van der Waals surface area contributed by atoms with Gasteiger partial charge in [0, 0.05) is 14.7 Å². The summed E-state index contributed by atoms with van der Waals surface area (Å²) < 4.78 is 25.4. The number of nitrogens with zero attached hydrogens (tertiary/aromatic N) is 1. The first-order chi connectivity index (χ1) is 6.97. The van der Waals surface area contributed by atoms with E-state index < -0.39 is 6.43 Å². The maximum Gasteiger partial charge on any atom is 0.266 e. The van der Waals surface area contributed by atoms with Crippen LogP contribution in [-0.4, -0.2) is 5.78 Å². The fourth-order valence-corrected chi connectivity index (χ4v) is 2.00. The van der Waals surface area contributed by atoms with Gasteiger partial charge in [0.1, 0.15) is 0 Å². The van der Waals surface area contributed by atoms with Crippen molar-refractivity contribution in [2.45, 2.75) is 13.3 Å². The van der Waals surface area contributed by atoms with E-state index in [1.165, 1.54) is 19.1 Å². The zero-order valence-electron chi connectivity index (χ0n) is 7.72. The Kier molecular flexibility index (Phi) is 3.74. The van der Waals surface area contributed by atoms with Crippen LogP contribution in [0.1, 0.15) is 34.8 Å². The predicted molar refractivity (Wildman–Crippen MR) is 58.8 cm³/mol. The smallest absolute Gasteiger partial charge is 0.266 e. The zero-order valence-corrected chi connectivity index (χ0v) is 9.88. The molecule has 0 aromatic heterocycles. The average molecular weight is 321 g/mol. The summed E-state index contributed by atoms with van der Waals surface area (Å²) >= 11 is 1.70. The Morgan fingerprint density at radius 1 is 1.53 bits per heavy atom. The van der Waals surface area contributed by atoms with Crippen molar-refractivity contribution in [1.82, 2.24) is 0 Å². The first-order valence-electron chi connectivity index (χ1n) is 4.00. The van der Waals surface area contributed by atoms with Gasteiger partial charge in [-0.25, -0.2) is 8.78 Å². The first kappa shape index (κ1) is 12.0. The molecule has 0 aliphatic rings. The molecule has 0 aliphatic heterocycles. The lowest BCUT2D eigenvalue weighted by atomic mass is 10.0. The number of hydrogen-bond donors (Lipinski definition) is 0. The van der Waals surface area contributed by atoms with Crippen molar-refractivity contribution in [3.8, 4) is 6.07 Å². The minimum Gasteiger partial charge on any atom is -0.295 e. The van der Waals surface area contributed by atoms with Crippen molar-refractivity contribution in [2.24, 2.45) is 0 Å². The summed E-state index contributed by atoms with van der Waals surface area (Å²) in [5.74, 6) is -0.245. The lowest BCUT2D eigenvalue weighted by Gasteiger charge is -2.07. The summed E-state index contributed by atoms with van der Waals surface area (Å²) in [4.78, 5) is 11.0. The molecule has 0 amide bonds. The minimum absolute atomic E-state index is 0.137. The maximum absolute atomic E-state index is 12.6. The molecule has 0 atom stereocenters. The molecule has 0 saturated carbocycles. The summed E-state index contributed by atoms with van der Waals surface area (Å²) in [6, 6.07) is 4.24. The van der Waals surface area contributed by atoms with Crippen LogP contribution in [0, 0.1) is 14.9 Å². The van der Waals surface area contributed by atoms with Gasteiger partial charge in [0.25, 0.3) is 6.43 Å². The molecule has 0 saturated heterocycles. The Morgan fingerprint density at radius 3 is 2.53 bits per heavy atom. The van der Waals surface area contributed by atoms with Gasteiger partial charge < -0.3 is 0 Å². The molecule has 1 rings (SSSR count). The molecule has 0 aliphatic carbocycles. The van der Waals surface area contributed by atoms with Gasteiger partial charge in [-0.2, -0.15) is 5.26 Å². The van der Waals surface area contributed by atoms with Gasteiger partial charge in [-0.3, -0.25) is 4.79 Å². The molecule has 1 aromatic rings. The van der Waals surface area contributed by atoms with Crippen LogP contribution in [0.4, 0.5) is 8.78 Å². The molecule has 0 bridgehead atoms. The SMILES string of the molecule is CC(=O)c1cc(I)c(C(F)F)c(C#N)c1. The number of rotatable bonds is 2. The Balaban J connectivity index is 3.46. The molecular weight excluding hydrogens is 315 g/mol. The van der Waals surface area contributed by atoms with Crippen molar-refractivity contribution in [3.05, 3.63) is 32.4 Å². The molecule has 0 N–H and O–H groups in total. The minimum atomic E-state index is -2.70. The number of nitriles is 1. The Morgan fingerprint density at radius 2 is 2.13 bits per heavy atom. The van der Waals surface area contributed by atoms with Crippen LogP contribution in [0.3, 0.4) is 0 Å². The second-order valence-electron chi connectivity index (χ2n) is 2.89. The molecule has 0 spiro atoms. The van der Waals surface area contributed by atoms with E-state index in [2.05, 4.69) is 0 Å². The number of Topliss-reactive ketones (excluding diaryl/α,β-unsaturated/α-hetero) is 1. The monoisotopic (exact) mass is 321 g/mol. The van der Waals surface area contributed by atoms with Crippen LogP contribution in [0.25, 0.3) is 0 Å². The normalized spacial score (nSPS) is 10.1. The Bertz CT molecular complexity index is 451. The molecular formula is C10H6F2INO. The van der Waals surface area contributed by atoms with Gasteiger partial charge in [0.15, 0.2) is 5.78 Å². The highest BCUT2D eigenvalue weighted by Gasteiger charge is 2.18. The van der Waals surface area contributed by atoms with Crippen molar-refractivity contribution in [1.29, 1.82) is 5.26 Å². The van der Waals surface area contributed by atoms with Crippen LogP contribution < -0.4 is 0 Å². The van der Waals surface area contributed by atoms with Gasteiger partial charge in [-0.05, 0) is 41.6 Å². The molecule has 78 valence electrons. The number of alkyl halides is 2. The van der Waals surface area contributed by atoms with E-state index in [-0.39, 0.29) is 26.0 Å². The van der Waals surface area contributed by atoms with Crippen LogP contribution in [0.15, 0.2) is 12.1 Å². The second kappa shape index (κ2) is 4.66. The number of halogens is 3. The average Bonchev–Trinajstić information content (AvgIpc) is 2.15. The summed E-state index contributed by atoms with van der Waals surface area (Å²) in [5, 5.41) is 8.70. The van der Waals surface area contributed by atoms with Crippen LogP contribution >= 0.6 is 22.6 Å². The quantitative estimate of drug-likeness (QED) is 0.619. The van der Waals surface area contributed by atoms with Crippen molar-refractivity contribution in [3.63, 3.8) is 0 Å². The molecule has 2 nitrogen and oxygen atoms in total. The molecule has 0 unspecified atom stereocenters. The van der Waals surface area contributed by atoms with Crippen LogP contribution in [-0.2, 0) is 0 Å². The molecule has 0 radical (unpaired) electrons. The number of ketones is 1. The molecule has 1 aromatic carbocycles. The molecule has 15 heavy (non-hydrogen) atoms. The molecule has 5 heteroatoms. The largest absolute Gasteiger partial charge is 0.295 e. The zero-order chi connectivity index (χ0) is 11.6. The molecule has 0 fully saturated rings. The van der Waals surface area contributed by atoms with Crippen molar-refractivity contribution >= 4 is 28.4 Å². The van der Waals surface area contributed by atoms with Gasteiger partial charge in [0.2, 0.25) is 0 Å². The van der Waals surface area contributed by atoms with E-state index >= 15 is 0 Å². The fourth-order valence-electron chi connectivity index (χ4n) is 1.14. The van der Waals surface area contributed by atoms with Crippen LogP contribution in [0.2, 0.25) is 0 Å². The van der Waals surface area contributed by atoms with E-state index in [1.54, 1.807) is 28.7 Å². The summed E-state index contributed by atoms with van der Waals surface area (Å²) in [5.41, 5.74) is -0.162. The number of carbonyl (C=O) groups is 1. The van der Waals surface area contributed by atoms with E-state index in [9.17, 15) is 13.6 Å². The maximum atomic E-state index is 12.6. The third kappa shape index (κ3) is 2.50. The standard InChI is InChI=1S/C10H6F2INO/c1-5(15)6-2-7(4-14)9(10(11)12)8(13)3-6/h2-3,10H,1H3. The van der Waals surface area contributed by atoms with Crippen molar-refractivity contribution in [2.75, 3.05) is 0 Å². The highest BCUT2D eigenvalue weighted by molar-refractivity contribution is 14.1. The number of benzene rings is 1. The van der Waals surface area contributed by atoms with Crippen LogP contribution in [0.5, 0.6) is 0 Å². The van der Waals surface area contributed by atoms with Gasteiger partial charge >= 0.3 is 0 Å². The van der Waals surface area contributed by atoms with Gasteiger partial charge in [0.05, 0.1) is 11.6 Å². The Hall–Kier alpha value is -1.03. The number of carbonyl (C=O) groups excluding carboxylic acids is 1. The van der Waals surface area contributed by atoms with Gasteiger partial charge in [-0.15, -0.1) is 0 Å². The predicted octanol–water partition coefficient (Wildman–Crippen LogP) is 3.30. The van der Waals surface area contributed by atoms with E-state index in [1.807, 2.05) is 0 Å². The first-order valence-corrected chi connectivity index (χ1v) is 5.08. The topological polar surface area (TPSA) is 40.9 Å². The third-order valence-corrected chi connectivity index (χ3v) is 2.77.